The smallest absolute Gasteiger partial charge is 0.260 e. The summed E-state index contributed by atoms with van der Waals surface area (Å²) in [5.74, 6) is 1.51. The van der Waals surface area contributed by atoms with Crippen LogP contribution in [0.25, 0.3) is 0 Å². The van der Waals surface area contributed by atoms with Gasteiger partial charge in [0.2, 0.25) is 5.95 Å². The van der Waals surface area contributed by atoms with Crippen LogP contribution in [0.5, 0.6) is 17.2 Å². The van der Waals surface area contributed by atoms with Crippen molar-refractivity contribution in [1.29, 1.82) is 0 Å². The zero-order chi connectivity index (χ0) is 28.8. The van der Waals surface area contributed by atoms with Gasteiger partial charge in [-0.25, -0.2) is 0 Å². The minimum Gasteiger partial charge on any atom is -0.492 e. The van der Waals surface area contributed by atoms with E-state index in [0.29, 0.717) is 58.9 Å². The minimum absolute atomic E-state index is 0.0437. The second kappa shape index (κ2) is 12.7. The number of aromatic nitrogens is 4. The zero-order valence-corrected chi connectivity index (χ0v) is 23.6. The van der Waals surface area contributed by atoms with Crippen LogP contribution in [0.2, 0.25) is 0 Å². The first kappa shape index (κ1) is 27.9. The van der Waals surface area contributed by atoms with Gasteiger partial charge in [-0.15, -0.1) is 0 Å². The Bertz CT molecular complexity index is 1430. The highest BCUT2D eigenvalue weighted by Crippen LogP contribution is 2.39. The van der Waals surface area contributed by atoms with Crippen molar-refractivity contribution in [2.45, 2.75) is 46.1 Å². The van der Waals surface area contributed by atoms with E-state index in [1.807, 2.05) is 43.9 Å². The third kappa shape index (κ3) is 6.11. The summed E-state index contributed by atoms with van der Waals surface area (Å²) < 4.78 is 19.1. The summed E-state index contributed by atoms with van der Waals surface area (Å²) in [6.45, 7) is 7.86. The average molecular weight is 562 g/mol. The molecule has 0 aliphatic carbocycles. The maximum absolute atomic E-state index is 13.8. The van der Waals surface area contributed by atoms with Crippen molar-refractivity contribution >= 4 is 23.5 Å². The highest BCUT2D eigenvalue weighted by molar-refractivity contribution is 6.06. The molecule has 2 aromatic carbocycles. The monoisotopic (exact) mass is 561 g/mol. The Morgan fingerprint density at radius 3 is 2.51 bits per heavy atom. The van der Waals surface area contributed by atoms with Gasteiger partial charge >= 0.3 is 0 Å². The Labute approximate surface area is 238 Å². The number of tetrazole rings is 1. The molecule has 1 saturated heterocycles. The fourth-order valence-electron chi connectivity index (χ4n) is 5.11. The number of allylic oxidation sites excluding steroid dienone is 1. The number of benzene rings is 2. The van der Waals surface area contributed by atoms with E-state index in [4.69, 9.17) is 14.2 Å². The Hall–Kier alpha value is -4.61. The molecule has 216 valence electrons. The first-order valence-electron chi connectivity index (χ1n) is 14.0. The number of ether oxygens (including phenoxy) is 3. The minimum atomic E-state index is -0.663. The molecule has 0 saturated carbocycles. The van der Waals surface area contributed by atoms with Crippen molar-refractivity contribution < 1.29 is 23.8 Å². The van der Waals surface area contributed by atoms with E-state index in [2.05, 4.69) is 26.2 Å². The summed E-state index contributed by atoms with van der Waals surface area (Å²) in [5, 5.41) is 18.2. The van der Waals surface area contributed by atoms with Crippen molar-refractivity contribution in [2.75, 3.05) is 43.5 Å². The summed E-state index contributed by atoms with van der Waals surface area (Å²) in [5.41, 5.74) is 2.29. The Balaban J connectivity index is 1.44. The molecule has 5 rings (SSSR count). The van der Waals surface area contributed by atoms with Crippen LogP contribution in [-0.4, -0.2) is 69.8 Å². The number of carbonyl (C=O) groups excluding carboxylic acids is 2. The van der Waals surface area contributed by atoms with E-state index in [9.17, 15) is 9.59 Å². The van der Waals surface area contributed by atoms with Gasteiger partial charge in [0, 0.05) is 18.8 Å². The number of anilines is 2. The number of hydrogen-bond acceptors (Lipinski definition) is 9. The molecule has 12 nitrogen and oxygen atoms in total. The number of nitrogens with zero attached hydrogens (tertiary/aromatic N) is 5. The molecule has 2 N–H and O–H groups in total. The molecule has 1 atom stereocenters. The van der Waals surface area contributed by atoms with Gasteiger partial charge in [0.15, 0.2) is 18.1 Å². The van der Waals surface area contributed by atoms with E-state index >= 15 is 0 Å². The SMILES string of the molecule is CCOc1ccccc1NC(=O)C1=C(C)Nc2nnnn2C1c1ccc(OCC(=O)N2CCCCC2)c(OCC)c1. The first-order valence-corrected chi connectivity index (χ1v) is 14.0. The summed E-state index contributed by atoms with van der Waals surface area (Å²) in [4.78, 5) is 28.4. The fourth-order valence-corrected chi connectivity index (χ4v) is 5.11. The van der Waals surface area contributed by atoms with E-state index in [1.165, 1.54) is 0 Å². The first-order chi connectivity index (χ1) is 20.0. The van der Waals surface area contributed by atoms with Gasteiger partial charge in [-0.2, -0.15) is 4.68 Å². The number of piperidine rings is 1. The van der Waals surface area contributed by atoms with Crippen molar-refractivity contribution in [3.05, 3.63) is 59.3 Å². The standard InChI is InChI=1S/C29H35N7O5/c1-4-39-22-12-8-7-11-21(22)31-28(38)26-19(3)30-29-32-33-34-36(29)27(26)20-13-14-23(24(17-20)40-5-2)41-18-25(37)35-15-9-6-10-16-35/h7-8,11-14,17,27H,4-6,9-10,15-16,18H2,1-3H3,(H,31,38)(H,30,32,34). The lowest BCUT2D eigenvalue weighted by Crippen LogP contribution is -2.38. The van der Waals surface area contributed by atoms with Crippen LogP contribution in [-0.2, 0) is 9.59 Å². The van der Waals surface area contributed by atoms with E-state index < -0.39 is 6.04 Å². The van der Waals surface area contributed by atoms with Crippen LogP contribution >= 0.6 is 0 Å². The number of rotatable bonds is 10. The van der Waals surface area contributed by atoms with Gasteiger partial charge in [0.05, 0.1) is 24.5 Å². The van der Waals surface area contributed by atoms with Gasteiger partial charge in [-0.1, -0.05) is 23.3 Å². The molecule has 2 amide bonds. The molecular formula is C29H35N7O5. The maximum atomic E-state index is 13.8. The molecule has 0 radical (unpaired) electrons. The van der Waals surface area contributed by atoms with Crippen molar-refractivity contribution in [1.82, 2.24) is 25.1 Å². The molecule has 1 aromatic heterocycles. The summed E-state index contributed by atoms with van der Waals surface area (Å²) >= 11 is 0. The Kier molecular flexibility index (Phi) is 8.66. The van der Waals surface area contributed by atoms with Crippen LogP contribution in [0.4, 0.5) is 11.6 Å². The lowest BCUT2D eigenvalue weighted by molar-refractivity contribution is -0.134. The highest BCUT2D eigenvalue weighted by atomic mass is 16.5. The number of carbonyl (C=O) groups is 2. The quantitative estimate of drug-likeness (QED) is 0.379. The van der Waals surface area contributed by atoms with Crippen LogP contribution in [0.3, 0.4) is 0 Å². The largest absolute Gasteiger partial charge is 0.492 e. The van der Waals surface area contributed by atoms with Crippen molar-refractivity contribution in [3.63, 3.8) is 0 Å². The van der Waals surface area contributed by atoms with Gasteiger partial charge in [0.25, 0.3) is 11.8 Å². The highest BCUT2D eigenvalue weighted by Gasteiger charge is 2.35. The second-order valence-corrected chi connectivity index (χ2v) is 9.77. The number of hydrogen-bond donors (Lipinski definition) is 2. The van der Waals surface area contributed by atoms with E-state index in [0.717, 1.165) is 32.4 Å². The molecule has 0 bridgehead atoms. The summed E-state index contributed by atoms with van der Waals surface area (Å²) in [6, 6.07) is 12.0. The molecular weight excluding hydrogens is 526 g/mol. The second-order valence-electron chi connectivity index (χ2n) is 9.77. The Morgan fingerprint density at radius 2 is 1.73 bits per heavy atom. The van der Waals surface area contributed by atoms with Gasteiger partial charge in [0.1, 0.15) is 11.8 Å². The maximum Gasteiger partial charge on any atom is 0.260 e. The lowest BCUT2D eigenvalue weighted by Gasteiger charge is -2.29. The molecule has 41 heavy (non-hydrogen) atoms. The van der Waals surface area contributed by atoms with E-state index in [-0.39, 0.29) is 18.4 Å². The van der Waals surface area contributed by atoms with Gasteiger partial charge in [-0.3, -0.25) is 9.59 Å². The van der Waals surface area contributed by atoms with Crippen LogP contribution < -0.4 is 24.8 Å². The number of nitrogens with one attached hydrogen (secondary N) is 2. The van der Waals surface area contributed by atoms with Gasteiger partial charge in [-0.05, 0) is 80.3 Å². The molecule has 0 spiro atoms. The van der Waals surface area contributed by atoms with Crippen LogP contribution in [0.1, 0.15) is 51.6 Å². The van der Waals surface area contributed by atoms with E-state index in [1.54, 1.807) is 28.9 Å². The molecule has 2 aliphatic heterocycles. The van der Waals surface area contributed by atoms with Crippen molar-refractivity contribution in [2.24, 2.45) is 0 Å². The number of fused-ring (bicyclic) bond motifs is 1. The predicted molar refractivity (Wildman–Crippen MR) is 152 cm³/mol. The summed E-state index contributed by atoms with van der Waals surface area (Å²) in [7, 11) is 0. The molecule has 3 heterocycles. The molecule has 12 heteroatoms. The van der Waals surface area contributed by atoms with Crippen LogP contribution in [0.15, 0.2) is 53.7 Å². The topological polar surface area (TPSA) is 133 Å². The summed E-state index contributed by atoms with van der Waals surface area (Å²) in [6.07, 6.45) is 3.17. The predicted octanol–water partition coefficient (Wildman–Crippen LogP) is 3.79. The lowest BCUT2D eigenvalue weighted by atomic mass is 9.94. The van der Waals surface area contributed by atoms with Crippen molar-refractivity contribution in [3.8, 4) is 17.2 Å². The Morgan fingerprint density at radius 1 is 0.976 bits per heavy atom. The van der Waals surface area contributed by atoms with Gasteiger partial charge < -0.3 is 29.7 Å². The number of likely N-dealkylation sites (tertiary alicyclic amines) is 1. The van der Waals surface area contributed by atoms with Crippen LogP contribution in [0, 0.1) is 0 Å². The average Bonchev–Trinajstić information content (AvgIpc) is 3.45. The molecule has 1 fully saturated rings. The third-order valence-corrected chi connectivity index (χ3v) is 7.04. The third-order valence-electron chi connectivity index (χ3n) is 7.04. The fraction of sp³-hybridized carbons (Fsp3) is 0.414. The zero-order valence-electron chi connectivity index (χ0n) is 23.6. The molecule has 2 aliphatic rings. The number of para-hydroxylation sites is 2. The molecule has 3 aromatic rings. The molecule has 1 unspecified atom stereocenters. The normalized spacial score (nSPS) is 16.5. The number of amides is 2.